The zero-order chi connectivity index (χ0) is 20.5. The predicted octanol–water partition coefficient (Wildman–Crippen LogP) is 3.21. The molecule has 1 aliphatic rings. The highest BCUT2D eigenvalue weighted by Crippen LogP contribution is 2.26. The van der Waals surface area contributed by atoms with E-state index < -0.39 is 30.3 Å². The van der Waals surface area contributed by atoms with Crippen molar-refractivity contribution in [1.29, 1.82) is 0 Å². The van der Waals surface area contributed by atoms with Crippen molar-refractivity contribution in [2.45, 2.75) is 63.9 Å². The summed E-state index contributed by atoms with van der Waals surface area (Å²) >= 11 is 0. The zero-order valence-corrected chi connectivity index (χ0v) is 16.7. The van der Waals surface area contributed by atoms with Crippen LogP contribution in [0.1, 0.15) is 55.8 Å². The highest BCUT2D eigenvalue weighted by Gasteiger charge is 2.35. The molecule has 0 heterocycles. The van der Waals surface area contributed by atoms with Crippen molar-refractivity contribution in [2.75, 3.05) is 7.11 Å². The van der Waals surface area contributed by atoms with Gasteiger partial charge in [-0.1, -0.05) is 43.0 Å². The first-order valence-corrected chi connectivity index (χ1v) is 9.84. The maximum atomic E-state index is 12.9. The molecule has 1 aliphatic carbocycles. The van der Waals surface area contributed by atoms with Crippen molar-refractivity contribution in [3.05, 3.63) is 48.0 Å². The minimum atomic E-state index is -1.19. The molecule has 0 aromatic heterocycles. The molecule has 154 valence electrons. The van der Waals surface area contributed by atoms with Crippen LogP contribution in [0.15, 0.2) is 42.5 Å². The average Bonchev–Trinajstić information content (AvgIpc) is 2.71. The maximum Gasteiger partial charge on any atom is 0.339 e. The summed E-state index contributed by atoms with van der Waals surface area (Å²) in [6.45, 7) is 5.67. The van der Waals surface area contributed by atoms with Gasteiger partial charge in [-0.2, -0.15) is 0 Å². The number of hydrogen-bond donors (Lipinski definition) is 2. The third-order valence-corrected chi connectivity index (χ3v) is 5.08. The third kappa shape index (κ3) is 6.46. The summed E-state index contributed by atoms with van der Waals surface area (Å²) < 4.78 is 10.9. The van der Waals surface area contributed by atoms with Crippen LogP contribution in [-0.2, 0) is 14.3 Å². The molecule has 1 aromatic rings. The van der Waals surface area contributed by atoms with Crippen LogP contribution in [0.5, 0.6) is 0 Å². The molecule has 3 atom stereocenters. The van der Waals surface area contributed by atoms with E-state index in [2.05, 4.69) is 11.9 Å². The van der Waals surface area contributed by atoms with Gasteiger partial charge in [0.25, 0.3) is 5.91 Å². The number of carbonyl (C=O) groups is 2. The standard InChI is InChI=1S/C22H31NO5/c1-15(2)14-18(27-3)19(28-22(26)17-12-8-5-9-13-17)21(25)23-20(24)16-10-6-4-7-11-16/h5,8-9,12-13,16,18-20,24H,1,4,6-7,10-11,14H2,2-3H3,(H,23,25)/t18-,19-,20?/m0/s1. The summed E-state index contributed by atoms with van der Waals surface area (Å²) in [5.41, 5.74) is 1.14. The van der Waals surface area contributed by atoms with Gasteiger partial charge in [-0.3, -0.25) is 4.79 Å². The fourth-order valence-corrected chi connectivity index (χ4v) is 3.51. The Morgan fingerprint density at radius 1 is 1.21 bits per heavy atom. The lowest BCUT2D eigenvalue weighted by Crippen LogP contribution is -2.51. The number of esters is 1. The number of amides is 1. The van der Waals surface area contributed by atoms with Crippen molar-refractivity contribution in [1.82, 2.24) is 5.32 Å². The van der Waals surface area contributed by atoms with Gasteiger partial charge < -0.3 is 19.9 Å². The molecule has 1 unspecified atom stereocenters. The molecule has 28 heavy (non-hydrogen) atoms. The second-order valence-electron chi connectivity index (χ2n) is 7.48. The Hall–Kier alpha value is -2.18. The fraction of sp³-hybridized carbons (Fsp3) is 0.545. The molecular weight excluding hydrogens is 358 g/mol. The van der Waals surface area contributed by atoms with E-state index in [1.54, 1.807) is 30.3 Å². The molecule has 1 fully saturated rings. The summed E-state index contributed by atoms with van der Waals surface area (Å²) in [5.74, 6) is -1.16. The Kier molecular flexibility index (Phi) is 8.67. The first-order valence-electron chi connectivity index (χ1n) is 9.84. The van der Waals surface area contributed by atoms with E-state index in [-0.39, 0.29) is 5.92 Å². The topological polar surface area (TPSA) is 84.9 Å². The van der Waals surface area contributed by atoms with Crippen LogP contribution in [-0.4, -0.2) is 42.5 Å². The van der Waals surface area contributed by atoms with Gasteiger partial charge in [-0.25, -0.2) is 4.79 Å². The molecule has 6 nitrogen and oxygen atoms in total. The smallest absolute Gasteiger partial charge is 0.339 e. The Balaban J connectivity index is 2.12. The summed E-state index contributed by atoms with van der Waals surface area (Å²) in [6.07, 6.45) is 2.49. The predicted molar refractivity (Wildman–Crippen MR) is 107 cm³/mol. The molecule has 2 N–H and O–H groups in total. The lowest BCUT2D eigenvalue weighted by Gasteiger charge is -2.30. The van der Waals surface area contributed by atoms with Crippen molar-refractivity contribution < 1.29 is 24.2 Å². The van der Waals surface area contributed by atoms with Gasteiger partial charge in [-0.15, -0.1) is 6.58 Å². The minimum absolute atomic E-state index is 0.0188. The minimum Gasteiger partial charge on any atom is -0.446 e. The molecule has 1 amide bonds. The number of aliphatic hydroxyl groups is 1. The molecule has 6 heteroatoms. The fourth-order valence-electron chi connectivity index (χ4n) is 3.51. The zero-order valence-electron chi connectivity index (χ0n) is 16.7. The molecule has 0 aliphatic heterocycles. The largest absolute Gasteiger partial charge is 0.446 e. The molecular formula is C22H31NO5. The van der Waals surface area contributed by atoms with Gasteiger partial charge in [0.2, 0.25) is 6.10 Å². The lowest BCUT2D eigenvalue weighted by atomic mass is 9.88. The SMILES string of the molecule is C=C(C)C[C@H](OC)[C@H](OC(=O)c1ccccc1)C(=O)NC(O)C1CCCCC1. The van der Waals surface area contributed by atoms with Gasteiger partial charge in [-0.05, 0) is 38.3 Å². The molecule has 0 bridgehead atoms. The number of nitrogens with one attached hydrogen (secondary N) is 1. The first-order chi connectivity index (χ1) is 13.4. The van der Waals surface area contributed by atoms with Crippen LogP contribution in [0, 0.1) is 5.92 Å². The van der Waals surface area contributed by atoms with Gasteiger partial charge in [0.05, 0.1) is 5.56 Å². The summed E-state index contributed by atoms with van der Waals surface area (Å²) in [5, 5.41) is 13.1. The number of aliphatic hydroxyl groups excluding tert-OH is 1. The van der Waals surface area contributed by atoms with E-state index in [1.807, 2.05) is 6.92 Å². The molecule has 0 saturated heterocycles. The number of ether oxygens (including phenoxy) is 2. The van der Waals surface area contributed by atoms with Crippen molar-refractivity contribution >= 4 is 11.9 Å². The summed E-state index contributed by atoms with van der Waals surface area (Å²) in [6, 6.07) is 8.48. The van der Waals surface area contributed by atoms with Crippen LogP contribution in [0.4, 0.5) is 0 Å². The van der Waals surface area contributed by atoms with E-state index in [9.17, 15) is 14.7 Å². The Bertz CT molecular complexity index is 654. The van der Waals surface area contributed by atoms with Gasteiger partial charge in [0, 0.05) is 13.0 Å². The maximum absolute atomic E-state index is 12.9. The number of methoxy groups -OCH3 is 1. The van der Waals surface area contributed by atoms with Crippen molar-refractivity contribution in [3.63, 3.8) is 0 Å². The normalized spacial score (nSPS) is 18.0. The van der Waals surface area contributed by atoms with E-state index in [1.165, 1.54) is 7.11 Å². The quantitative estimate of drug-likeness (QED) is 0.385. The van der Waals surface area contributed by atoms with E-state index >= 15 is 0 Å². The average molecular weight is 389 g/mol. The number of benzene rings is 1. The van der Waals surface area contributed by atoms with E-state index in [0.29, 0.717) is 12.0 Å². The Morgan fingerprint density at radius 2 is 1.86 bits per heavy atom. The van der Waals surface area contributed by atoms with Crippen LogP contribution >= 0.6 is 0 Å². The Labute approximate surface area is 166 Å². The molecule has 0 radical (unpaired) electrons. The summed E-state index contributed by atoms with van der Waals surface area (Å²) in [4.78, 5) is 25.4. The molecule has 2 rings (SSSR count). The monoisotopic (exact) mass is 389 g/mol. The van der Waals surface area contributed by atoms with Crippen LogP contribution in [0.3, 0.4) is 0 Å². The van der Waals surface area contributed by atoms with E-state index in [4.69, 9.17) is 9.47 Å². The van der Waals surface area contributed by atoms with Crippen molar-refractivity contribution in [2.24, 2.45) is 5.92 Å². The second-order valence-corrected chi connectivity index (χ2v) is 7.48. The van der Waals surface area contributed by atoms with E-state index in [0.717, 1.165) is 37.7 Å². The van der Waals surface area contributed by atoms with Gasteiger partial charge >= 0.3 is 5.97 Å². The first kappa shape index (κ1) is 22.1. The highest BCUT2D eigenvalue weighted by molar-refractivity contribution is 5.92. The molecule has 0 spiro atoms. The van der Waals surface area contributed by atoms with Gasteiger partial charge in [0.15, 0.2) is 0 Å². The number of hydrogen-bond acceptors (Lipinski definition) is 5. The molecule has 1 saturated carbocycles. The van der Waals surface area contributed by atoms with Crippen molar-refractivity contribution in [3.8, 4) is 0 Å². The summed E-state index contributed by atoms with van der Waals surface area (Å²) in [7, 11) is 1.46. The third-order valence-electron chi connectivity index (χ3n) is 5.08. The van der Waals surface area contributed by atoms with Crippen LogP contribution in [0.2, 0.25) is 0 Å². The lowest BCUT2D eigenvalue weighted by molar-refractivity contribution is -0.142. The second kappa shape index (κ2) is 11.0. The van der Waals surface area contributed by atoms with Gasteiger partial charge in [0.1, 0.15) is 12.3 Å². The molecule has 1 aromatic carbocycles. The highest BCUT2D eigenvalue weighted by atomic mass is 16.6. The number of rotatable bonds is 9. The number of carbonyl (C=O) groups excluding carboxylic acids is 2. The van der Waals surface area contributed by atoms with Crippen LogP contribution < -0.4 is 5.32 Å². The Morgan fingerprint density at radius 3 is 2.43 bits per heavy atom. The van der Waals surface area contributed by atoms with Crippen LogP contribution in [0.25, 0.3) is 0 Å².